The van der Waals surface area contributed by atoms with Gasteiger partial charge in [0.2, 0.25) is 0 Å². The number of hydrogen-bond acceptors (Lipinski definition) is 3. The molecule has 1 saturated carbocycles. The molecule has 0 bridgehead atoms. The average Bonchev–Trinajstić information content (AvgIpc) is 2.85. The first-order valence-electron chi connectivity index (χ1n) is 6.54. The standard InChI is InChI=1S/C13H23N3O/c1-3-10(2)16-7-5-12(15-16)9-13(17)6-4-11(14)8-13/h5,7,10-11,17H,3-4,6,8-9,14H2,1-2H3. The maximum absolute atomic E-state index is 10.4. The zero-order valence-electron chi connectivity index (χ0n) is 10.8. The van der Waals surface area contributed by atoms with E-state index in [2.05, 4.69) is 18.9 Å². The Morgan fingerprint density at radius 3 is 3.06 bits per heavy atom. The SMILES string of the molecule is CCC(C)n1ccc(CC2(O)CCC(N)C2)n1. The highest BCUT2D eigenvalue weighted by Crippen LogP contribution is 2.31. The first kappa shape index (κ1) is 12.6. The molecule has 3 unspecified atom stereocenters. The molecule has 4 heteroatoms. The predicted octanol–water partition coefficient (Wildman–Crippen LogP) is 1.64. The quantitative estimate of drug-likeness (QED) is 0.836. The van der Waals surface area contributed by atoms with Gasteiger partial charge in [0.25, 0.3) is 0 Å². The molecule has 4 nitrogen and oxygen atoms in total. The van der Waals surface area contributed by atoms with Crippen LogP contribution in [0.5, 0.6) is 0 Å². The summed E-state index contributed by atoms with van der Waals surface area (Å²) in [5, 5.41) is 14.9. The van der Waals surface area contributed by atoms with Crippen molar-refractivity contribution < 1.29 is 5.11 Å². The van der Waals surface area contributed by atoms with Gasteiger partial charge in [-0.3, -0.25) is 4.68 Å². The van der Waals surface area contributed by atoms with E-state index in [4.69, 9.17) is 5.73 Å². The lowest BCUT2D eigenvalue weighted by molar-refractivity contribution is 0.0457. The first-order valence-corrected chi connectivity index (χ1v) is 6.54. The first-order chi connectivity index (χ1) is 8.02. The highest BCUT2D eigenvalue weighted by atomic mass is 16.3. The molecule has 1 heterocycles. The molecule has 1 aromatic heterocycles. The monoisotopic (exact) mass is 237 g/mol. The summed E-state index contributed by atoms with van der Waals surface area (Å²) in [6.07, 6.45) is 6.11. The molecule has 0 spiro atoms. The molecule has 0 aromatic carbocycles. The van der Waals surface area contributed by atoms with Gasteiger partial charge in [-0.1, -0.05) is 6.92 Å². The topological polar surface area (TPSA) is 64.1 Å². The largest absolute Gasteiger partial charge is 0.389 e. The average molecular weight is 237 g/mol. The van der Waals surface area contributed by atoms with Crippen molar-refractivity contribution in [1.82, 2.24) is 9.78 Å². The summed E-state index contributed by atoms with van der Waals surface area (Å²) in [6, 6.07) is 2.58. The Kier molecular flexibility index (Phi) is 3.54. The zero-order chi connectivity index (χ0) is 12.5. The molecular formula is C13H23N3O. The Morgan fingerprint density at radius 2 is 2.47 bits per heavy atom. The maximum Gasteiger partial charge on any atom is 0.0719 e. The summed E-state index contributed by atoms with van der Waals surface area (Å²) in [4.78, 5) is 0. The van der Waals surface area contributed by atoms with Gasteiger partial charge in [-0.25, -0.2) is 0 Å². The summed E-state index contributed by atoms with van der Waals surface area (Å²) in [5.74, 6) is 0. The minimum absolute atomic E-state index is 0.150. The molecule has 3 N–H and O–H groups in total. The van der Waals surface area contributed by atoms with Crippen LogP contribution in [0.25, 0.3) is 0 Å². The molecule has 17 heavy (non-hydrogen) atoms. The van der Waals surface area contributed by atoms with Crippen molar-refractivity contribution in [2.45, 2.75) is 63.6 Å². The second-order valence-corrected chi connectivity index (χ2v) is 5.45. The van der Waals surface area contributed by atoms with Gasteiger partial charge in [0, 0.05) is 24.7 Å². The minimum Gasteiger partial charge on any atom is -0.389 e. The van der Waals surface area contributed by atoms with Gasteiger partial charge in [-0.2, -0.15) is 5.10 Å². The van der Waals surface area contributed by atoms with E-state index >= 15 is 0 Å². The number of nitrogens with two attached hydrogens (primary N) is 1. The number of hydrogen-bond donors (Lipinski definition) is 2. The summed E-state index contributed by atoms with van der Waals surface area (Å²) >= 11 is 0. The zero-order valence-corrected chi connectivity index (χ0v) is 10.8. The van der Waals surface area contributed by atoms with Gasteiger partial charge in [0.15, 0.2) is 0 Å². The number of aromatic nitrogens is 2. The normalized spacial score (nSPS) is 30.7. The molecule has 0 aliphatic heterocycles. The Hall–Kier alpha value is -0.870. The van der Waals surface area contributed by atoms with E-state index in [1.165, 1.54) is 0 Å². The van der Waals surface area contributed by atoms with Crippen LogP contribution in [0.4, 0.5) is 0 Å². The van der Waals surface area contributed by atoms with Crippen LogP contribution in [0.2, 0.25) is 0 Å². The van der Waals surface area contributed by atoms with Gasteiger partial charge >= 0.3 is 0 Å². The van der Waals surface area contributed by atoms with Crippen molar-refractivity contribution in [3.63, 3.8) is 0 Å². The van der Waals surface area contributed by atoms with Crippen molar-refractivity contribution >= 4 is 0 Å². The van der Waals surface area contributed by atoms with Crippen molar-refractivity contribution in [3.05, 3.63) is 18.0 Å². The van der Waals surface area contributed by atoms with Crippen LogP contribution in [0.3, 0.4) is 0 Å². The third kappa shape index (κ3) is 2.87. The van der Waals surface area contributed by atoms with Crippen molar-refractivity contribution in [1.29, 1.82) is 0 Å². The molecule has 0 saturated heterocycles. The summed E-state index contributed by atoms with van der Waals surface area (Å²) < 4.78 is 1.98. The van der Waals surface area contributed by atoms with Crippen LogP contribution in [0.1, 0.15) is 51.3 Å². The second kappa shape index (κ2) is 4.78. The van der Waals surface area contributed by atoms with E-state index in [-0.39, 0.29) is 6.04 Å². The van der Waals surface area contributed by atoms with E-state index in [1.54, 1.807) is 0 Å². The lowest BCUT2D eigenvalue weighted by atomic mass is 9.96. The lowest BCUT2D eigenvalue weighted by Gasteiger charge is -2.21. The third-order valence-corrected chi connectivity index (χ3v) is 3.84. The third-order valence-electron chi connectivity index (χ3n) is 3.84. The fourth-order valence-corrected chi connectivity index (χ4v) is 2.55. The smallest absolute Gasteiger partial charge is 0.0719 e. The van der Waals surface area contributed by atoms with Gasteiger partial charge < -0.3 is 10.8 Å². The fraction of sp³-hybridized carbons (Fsp3) is 0.769. The van der Waals surface area contributed by atoms with Crippen LogP contribution in [0.15, 0.2) is 12.3 Å². The summed E-state index contributed by atoms with van der Waals surface area (Å²) in [7, 11) is 0. The summed E-state index contributed by atoms with van der Waals surface area (Å²) in [5.41, 5.74) is 6.20. The van der Waals surface area contributed by atoms with Gasteiger partial charge in [0.1, 0.15) is 0 Å². The van der Waals surface area contributed by atoms with Crippen LogP contribution >= 0.6 is 0 Å². The Labute approximate surface area is 103 Å². The molecular weight excluding hydrogens is 214 g/mol. The molecule has 96 valence electrons. The molecule has 1 aliphatic carbocycles. The van der Waals surface area contributed by atoms with E-state index in [0.29, 0.717) is 18.9 Å². The Bertz CT molecular complexity index is 376. The van der Waals surface area contributed by atoms with Crippen molar-refractivity contribution in [3.8, 4) is 0 Å². The molecule has 2 rings (SSSR count). The van der Waals surface area contributed by atoms with Gasteiger partial charge in [-0.15, -0.1) is 0 Å². The van der Waals surface area contributed by atoms with Gasteiger partial charge in [0.05, 0.1) is 11.3 Å². The van der Waals surface area contributed by atoms with Crippen molar-refractivity contribution in [2.75, 3.05) is 0 Å². The van der Waals surface area contributed by atoms with E-state index in [1.807, 2.05) is 16.9 Å². The fourth-order valence-electron chi connectivity index (χ4n) is 2.55. The van der Waals surface area contributed by atoms with Gasteiger partial charge in [-0.05, 0) is 38.7 Å². The molecule has 1 aliphatic rings. The van der Waals surface area contributed by atoms with Crippen LogP contribution < -0.4 is 5.73 Å². The highest BCUT2D eigenvalue weighted by molar-refractivity contribution is 5.07. The van der Waals surface area contributed by atoms with E-state index in [0.717, 1.165) is 25.0 Å². The molecule has 1 aromatic rings. The Balaban J connectivity index is 2.02. The molecule has 1 fully saturated rings. The van der Waals surface area contributed by atoms with Crippen LogP contribution in [0, 0.1) is 0 Å². The maximum atomic E-state index is 10.4. The number of nitrogens with zero attached hydrogens (tertiary/aromatic N) is 2. The van der Waals surface area contributed by atoms with E-state index < -0.39 is 5.60 Å². The highest BCUT2D eigenvalue weighted by Gasteiger charge is 2.36. The second-order valence-electron chi connectivity index (χ2n) is 5.45. The number of rotatable bonds is 4. The predicted molar refractivity (Wildman–Crippen MR) is 67.7 cm³/mol. The molecule has 0 radical (unpaired) electrons. The summed E-state index contributed by atoms with van der Waals surface area (Å²) in [6.45, 7) is 4.30. The molecule has 0 amide bonds. The number of aliphatic hydroxyl groups is 1. The Morgan fingerprint density at radius 1 is 1.71 bits per heavy atom. The lowest BCUT2D eigenvalue weighted by Crippen LogP contribution is -2.30. The van der Waals surface area contributed by atoms with Crippen molar-refractivity contribution in [2.24, 2.45) is 5.73 Å². The molecule has 3 atom stereocenters. The minimum atomic E-state index is -0.631. The van der Waals surface area contributed by atoms with Crippen LogP contribution in [-0.2, 0) is 6.42 Å². The van der Waals surface area contributed by atoms with Crippen LogP contribution in [-0.4, -0.2) is 26.5 Å². The van der Waals surface area contributed by atoms with E-state index in [9.17, 15) is 5.11 Å².